The lowest BCUT2D eigenvalue weighted by atomic mass is 10.2. The van der Waals surface area contributed by atoms with Gasteiger partial charge in [0.15, 0.2) is 11.5 Å². The quantitative estimate of drug-likeness (QED) is 0.758. The molecule has 27 heavy (non-hydrogen) atoms. The van der Waals surface area contributed by atoms with E-state index in [1.807, 2.05) is 0 Å². The summed E-state index contributed by atoms with van der Waals surface area (Å²) >= 11 is 6.00. The van der Waals surface area contributed by atoms with Crippen molar-refractivity contribution >= 4 is 33.2 Å². The summed E-state index contributed by atoms with van der Waals surface area (Å²) in [5, 5.41) is 2.67. The number of hydroxylamine groups is 1. The van der Waals surface area contributed by atoms with Gasteiger partial charge in [-0.3, -0.25) is 9.63 Å². The molecule has 8 nitrogen and oxygen atoms in total. The Hall–Kier alpha value is -2.33. The fourth-order valence-electron chi connectivity index (χ4n) is 2.40. The molecule has 0 unspecified atom stereocenters. The third-order valence-electron chi connectivity index (χ3n) is 3.87. The van der Waals surface area contributed by atoms with Crippen LogP contribution in [0.25, 0.3) is 0 Å². The first-order chi connectivity index (χ1) is 12.8. The number of nitrogens with zero attached hydrogens (tertiary/aromatic N) is 1. The lowest BCUT2D eigenvalue weighted by Crippen LogP contribution is -2.26. The lowest BCUT2D eigenvalue weighted by Gasteiger charge is -2.19. The molecule has 3 rings (SSSR count). The van der Waals surface area contributed by atoms with Gasteiger partial charge in [-0.15, -0.1) is 0 Å². The van der Waals surface area contributed by atoms with Crippen molar-refractivity contribution in [3.05, 3.63) is 47.0 Å². The molecule has 1 heterocycles. The molecule has 1 N–H and O–H groups in total. The smallest absolute Gasteiger partial charge is 0.266 e. The van der Waals surface area contributed by atoms with Gasteiger partial charge < -0.3 is 14.8 Å². The second-order valence-electron chi connectivity index (χ2n) is 5.56. The summed E-state index contributed by atoms with van der Waals surface area (Å²) in [7, 11) is -1.56. The number of nitrogens with one attached hydrogen (secondary N) is 1. The zero-order valence-corrected chi connectivity index (χ0v) is 16.1. The minimum Gasteiger partial charge on any atom is -0.486 e. The molecule has 0 saturated heterocycles. The van der Waals surface area contributed by atoms with E-state index in [1.165, 1.54) is 32.4 Å². The van der Waals surface area contributed by atoms with Crippen molar-refractivity contribution in [1.82, 2.24) is 4.47 Å². The van der Waals surface area contributed by atoms with E-state index in [0.717, 1.165) is 0 Å². The van der Waals surface area contributed by atoms with Crippen LogP contribution in [-0.4, -0.2) is 46.2 Å². The minimum atomic E-state index is -4.00. The summed E-state index contributed by atoms with van der Waals surface area (Å²) in [6.45, 7) is 0.895. The Labute approximate surface area is 161 Å². The number of halogens is 1. The fraction of sp³-hybridized carbons (Fsp3) is 0.235. The Bertz CT molecular complexity index is 979. The van der Waals surface area contributed by atoms with Crippen molar-refractivity contribution in [3.8, 4) is 11.5 Å². The summed E-state index contributed by atoms with van der Waals surface area (Å²) < 4.78 is 36.4. The molecule has 0 aliphatic carbocycles. The second kappa shape index (κ2) is 7.73. The van der Waals surface area contributed by atoms with Gasteiger partial charge in [-0.25, -0.2) is 8.42 Å². The Kier molecular flexibility index (Phi) is 5.56. The number of benzene rings is 2. The maximum absolute atomic E-state index is 12.5. The van der Waals surface area contributed by atoms with Crippen LogP contribution in [0.2, 0.25) is 5.02 Å². The fourth-order valence-corrected chi connectivity index (χ4v) is 3.88. The van der Waals surface area contributed by atoms with Gasteiger partial charge in [0.25, 0.3) is 15.9 Å². The van der Waals surface area contributed by atoms with Gasteiger partial charge in [-0.1, -0.05) is 16.1 Å². The van der Waals surface area contributed by atoms with Crippen molar-refractivity contribution in [3.63, 3.8) is 0 Å². The monoisotopic (exact) mass is 412 g/mol. The molecule has 1 amide bonds. The number of hydrogen-bond acceptors (Lipinski definition) is 6. The largest absolute Gasteiger partial charge is 0.486 e. The summed E-state index contributed by atoms with van der Waals surface area (Å²) in [6.07, 6.45) is 0. The molecule has 0 fully saturated rings. The van der Waals surface area contributed by atoms with Crippen LogP contribution in [0.4, 0.5) is 5.69 Å². The molecule has 144 valence electrons. The van der Waals surface area contributed by atoms with Crippen LogP contribution in [0.5, 0.6) is 11.5 Å². The Morgan fingerprint density at radius 1 is 1.15 bits per heavy atom. The highest BCUT2D eigenvalue weighted by Gasteiger charge is 2.25. The molecule has 0 atom stereocenters. The normalized spacial score (nSPS) is 13.5. The molecule has 0 aromatic heterocycles. The highest BCUT2D eigenvalue weighted by molar-refractivity contribution is 7.89. The van der Waals surface area contributed by atoms with E-state index >= 15 is 0 Å². The van der Waals surface area contributed by atoms with Crippen LogP contribution in [0.3, 0.4) is 0 Å². The van der Waals surface area contributed by atoms with E-state index < -0.39 is 15.9 Å². The molecule has 2 aromatic carbocycles. The van der Waals surface area contributed by atoms with Gasteiger partial charge in [0.2, 0.25) is 0 Å². The van der Waals surface area contributed by atoms with Gasteiger partial charge >= 0.3 is 0 Å². The average Bonchev–Trinajstić information content (AvgIpc) is 2.67. The van der Waals surface area contributed by atoms with E-state index in [2.05, 4.69) is 5.32 Å². The number of hydrogen-bond donors (Lipinski definition) is 1. The summed E-state index contributed by atoms with van der Waals surface area (Å²) in [4.78, 5) is 17.0. The van der Waals surface area contributed by atoms with E-state index in [1.54, 1.807) is 18.2 Å². The summed E-state index contributed by atoms with van der Waals surface area (Å²) in [6, 6.07) is 8.96. The Balaban J connectivity index is 1.86. The Morgan fingerprint density at radius 3 is 2.56 bits per heavy atom. The van der Waals surface area contributed by atoms with Crippen LogP contribution < -0.4 is 14.8 Å². The number of ether oxygens (including phenoxy) is 2. The molecule has 2 aromatic rings. The number of anilines is 1. The lowest BCUT2D eigenvalue weighted by molar-refractivity contribution is -0.0258. The number of sulfonamides is 1. The molecule has 0 radical (unpaired) electrons. The maximum atomic E-state index is 12.5. The van der Waals surface area contributed by atoms with E-state index in [4.69, 9.17) is 25.9 Å². The van der Waals surface area contributed by atoms with Gasteiger partial charge in [0.1, 0.15) is 18.1 Å². The molecular weight excluding hydrogens is 396 g/mol. The van der Waals surface area contributed by atoms with Crippen LogP contribution in [-0.2, 0) is 14.9 Å². The molecule has 1 aliphatic heterocycles. The number of fused-ring (bicyclic) bond motifs is 1. The highest BCUT2D eigenvalue weighted by atomic mass is 35.5. The predicted octanol–water partition coefficient (Wildman–Crippen LogP) is 2.55. The second-order valence-corrected chi connectivity index (χ2v) is 7.87. The minimum absolute atomic E-state index is 0.0187. The van der Waals surface area contributed by atoms with Crippen molar-refractivity contribution in [2.75, 3.05) is 32.7 Å². The first-order valence-corrected chi connectivity index (χ1v) is 9.68. The number of carbonyl (C=O) groups is 1. The molecule has 0 spiro atoms. The standard InChI is InChI=1S/C17H17ClN2O6S/c1-20(24-2)27(22,23)16-9-11(3-5-13(16)18)17(21)19-12-4-6-14-15(10-12)26-8-7-25-14/h3-6,9-10H,7-8H2,1-2H3,(H,19,21). The van der Waals surface area contributed by atoms with Crippen molar-refractivity contribution in [2.45, 2.75) is 4.90 Å². The zero-order chi connectivity index (χ0) is 19.6. The number of amides is 1. The van der Waals surface area contributed by atoms with Gasteiger partial charge in [-0.2, -0.15) is 0 Å². The first-order valence-electron chi connectivity index (χ1n) is 7.86. The van der Waals surface area contributed by atoms with E-state index in [0.29, 0.717) is 34.9 Å². The number of rotatable bonds is 5. The topological polar surface area (TPSA) is 94.2 Å². The van der Waals surface area contributed by atoms with Gasteiger partial charge in [0, 0.05) is 24.4 Å². The van der Waals surface area contributed by atoms with Gasteiger partial charge in [-0.05, 0) is 30.3 Å². The third kappa shape index (κ3) is 4.01. The van der Waals surface area contributed by atoms with Gasteiger partial charge in [0.05, 0.1) is 12.1 Å². The van der Waals surface area contributed by atoms with Crippen LogP contribution in [0, 0.1) is 0 Å². The van der Waals surface area contributed by atoms with Crippen LogP contribution in [0.1, 0.15) is 10.4 Å². The Morgan fingerprint density at radius 2 is 1.85 bits per heavy atom. The summed E-state index contributed by atoms with van der Waals surface area (Å²) in [5.41, 5.74) is 0.606. The maximum Gasteiger partial charge on any atom is 0.266 e. The van der Waals surface area contributed by atoms with Crippen molar-refractivity contribution < 1.29 is 27.5 Å². The molecule has 10 heteroatoms. The predicted molar refractivity (Wildman–Crippen MR) is 98.8 cm³/mol. The van der Waals surface area contributed by atoms with E-state index in [-0.39, 0.29) is 15.5 Å². The zero-order valence-electron chi connectivity index (χ0n) is 14.6. The number of carbonyl (C=O) groups excluding carboxylic acids is 1. The van der Waals surface area contributed by atoms with Crippen molar-refractivity contribution in [2.24, 2.45) is 0 Å². The summed E-state index contributed by atoms with van der Waals surface area (Å²) in [5.74, 6) is 0.627. The van der Waals surface area contributed by atoms with Crippen LogP contribution in [0.15, 0.2) is 41.3 Å². The van der Waals surface area contributed by atoms with Crippen LogP contribution >= 0.6 is 11.6 Å². The molecule has 0 bridgehead atoms. The molecular formula is C17H17ClN2O6S. The molecule has 1 aliphatic rings. The molecule has 0 saturated carbocycles. The van der Waals surface area contributed by atoms with E-state index in [9.17, 15) is 13.2 Å². The SMILES string of the molecule is CON(C)S(=O)(=O)c1cc(C(=O)Nc2ccc3c(c2)OCCO3)ccc1Cl. The highest BCUT2D eigenvalue weighted by Crippen LogP contribution is 2.33. The third-order valence-corrected chi connectivity index (χ3v) is 6.03. The first kappa shape index (κ1) is 19.4. The van der Waals surface area contributed by atoms with Crippen molar-refractivity contribution in [1.29, 1.82) is 0 Å². The average molecular weight is 413 g/mol.